The van der Waals surface area contributed by atoms with Crippen LogP contribution >= 0.6 is 11.6 Å². The van der Waals surface area contributed by atoms with Gasteiger partial charge < -0.3 is 19.5 Å². The van der Waals surface area contributed by atoms with Crippen LogP contribution in [0.1, 0.15) is 16.7 Å². The van der Waals surface area contributed by atoms with Crippen molar-refractivity contribution < 1.29 is 14.2 Å². The summed E-state index contributed by atoms with van der Waals surface area (Å²) in [7, 11) is 3.32. The van der Waals surface area contributed by atoms with Crippen LogP contribution in [0.15, 0.2) is 66.7 Å². The molecule has 152 valence electrons. The highest BCUT2D eigenvalue weighted by Crippen LogP contribution is 2.35. The van der Waals surface area contributed by atoms with Crippen LogP contribution in [0, 0.1) is 0 Å². The lowest BCUT2D eigenvalue weighted by Crippen LogP contribution is -2.18. The number of methoxy groups -OCH3 is 2. The van der Waals surface area contributed by atoms with Crippen molar-refractivity contribution in [3.05, 3.63) is 88.4 Å². The fourth-order valence-corrected chi connectivity index (χ4v) is 3.39. The third kappa shape index (κ3) is 5.89. The number of nitrogens with one attached hydrogen (secondary N) is 1. The molecule has 3 aromatic rings. The van der Waals surface area contributed by atoms with E-state index in [9.17, 15) is 0 Å². The van der Waals surface area contributed by atoms with Crippen molar-refractivity contribution in [2.24, 2.45) is 0 Å². The SMILES string of the molecule is COc1ccccc1CCNCc1cc(Cl)cc(OC)c1OCc1ccccc1. The Kier molecular flexibility index (Phi) is 7.79. The lowest BCUT2D eigenvalue weighted by molar-refractivity contribution is 0.280. The molecule has 3 aromatic carbocycles. The Bertz CT molecular complexity index is 915. The second kappa shape index (κ2) is 10.7. The molecule has 0 saturated carbocycles. The molecule has 0 bridgehead atoms. The Morgan fingerprint density at radius 3 is 2.31 bits per heavy atom. The van der Waals surface area contributed by atoms with Crippen molar-refractivity contribution in [2.45, 2.75) is 19.6 Å². The van der Waals surface area contributed by atoms with Crippen molar-refractivity contribution >= 4 is 11.6 Å². The van der Waals surface area contributed by atoms with Crippen LogP contribution in [0.25, 0.3) is 0 Å². The van der Waals surface area contributed by atoms with Gasteiger partial charge >= 0.3 is 0 Å². The van der Waals surface area contributed by atoms with E-state index in [1.807, 2.05) is 54.6 Å². The molecule has 3 rings (SSSR count). The predicted octanol–water partition coefficient (Wildman–Crippen LogP) is 5.27. The monoisotopic (exact) mass is 411 g/mol. The zero-order valence-corrected chi connectivity index (χ0v) is 17.5. The first-order chi connectivity index (χ1) is 14.2. The summed E-state index contributed by atoms with van der Waals surface area (Å²) < 4.78 is 17.0. The first-order valence-corrected chi connectivity index (χ1v) is 9.94. The summed E-state index contributed by atoms with van der Waals surface area (Å²) in [4.78, 5) is 0. The molecule has 0 aliphatic heterocycles. The van der Waals surface area contributed by atoms with Gasteiger partial charge in [-0.05, 0) is 36.2 Å². The highest BCUT2D eigenvalue weighted by molar-refractivity contribution is 6.30. The Hall–Kier alpha value is -2.69. The summed E-state index contributed by atoms with van der Waals surface area (Å²) in [5.41, 5.74) is 3.23. The van der Waals surface area contributed by atoms with Crippen molar-refractivity contribution in [3.8, 4) is 17.2 Å². The molecule has 0 heterocycles. The average molecular weight is 412 g/mol. The zero-order valence-electron chi connectivity index (χ0n) is 16.8. The first-order valence-electron chi connectivity index (χ1n) is 9.57. The van der Waals surface area contributed by atoms with Gasteiger partial charge in [-0.25, -0.2) is 0 Å². The van der Waals surface area contributed by atoms with Gasteiger partial charge in [0, 0.05) is 23.2 Å². The van der Waals surface area contributed by atoms with Crippen LogP contribution in [0.4, 0.5) is 0 Å². The predicted molar refractivity (Wildman–Crippen MR) is 117 cm³/mol. The largest absolute Gasteiger partial charge is 0.496 e. The van der Waals surface area contributed by atoms with Gasteiger partial charge in [0.2, 0.25) is 0 Å². The van der Waals surface area contributed by atoms with Crippen LogP contribution in [-0.4, -0.2) is 20.8 Å². The molecular formula is C24H26ClNO3. The Morgan fingerprint density at radius 1 is 0.828 bits per heavy atom. The fourth-order valence-electron chi connectivity index (χ4n) is 3.15. The minimum absolute atomic E-state index is 0.465. The molecule has 0 aliphatic rings. The number of ether oxygens (including phenoxy) is 3. The number of benzene rings is 3. The second-order valence-corrected chi connectivity index (χ2v) is 7.05. The summed E-state index contributed by atoms with van der Waals surface area (Å²) in [6.07, 6.45) is 0.863. The molecule has 4 nitrogen and oxygen atoms in total. The van der Waals surface area contributed by atoms with Gasteiger partial charge in [0.25, 0.3) is 0 Å². The maximum absolute atomic E-state index is 6.29. The molecule has 1 N–H and O–H groups in total. The summed E-state index contributed by atoms with van der Waals surface area (Å²) in [6, 6.07) is 21.8. The summed E-state index contributed by atoms with van der Waals surface area (Å²) in [5, 5.41) is 4.09. The minimum atomic E-state index is 0.465. The van der Waals surface area contributed by atoms with Crippen LogP contribution in [0.3, 0.4) is 0 Å². The van der Waals surface area contributed by atoms with Crippen LogP contribution < -0.4 is 19.5 Å². The molecule has 0 fully saturated rings. The minimum Gasteiger partial charge on any atom is -0.496 e. The topological polar surface area (TPSA) is 39.7 Å². The average Bonchev–Trinajstić information content (AvgIpc) is 2.76. The van der Waals surface area contributed by atoms with Gasteiger partial charge in [-0.15, -0.1) is 0 Å². The van der Waals surface area contributed by atoms with Gasteiger partial charge in [-0.1, -0.05) is 60.1 Å². The number of halogens is 1. The smallest absolute Gasteiger partial charge is 0.166 e. The van der Waals surface area contributed by atoms with E-state index in [-0.39, 0.29) is 0 Å². The van der Waals surface area contributed by atoms with E-state index < -0.39 is 0 Å². The quantitative estimate of drug-likeness (QED) is 0.461. The van der Waals surface area contributed by atoms with E-state index in [1.165, 1.54) is 5.56 Å². The normalized spacial score (nSPS) is 10.6. The highest BCUT2D eigenvalue weighted by atomic mass is 35.5. The molecule has 0 spiro atoms. The second-order valence-electron chi connectivity index (χ2n) is 6.61. The zero-order chi connectivity index (χ0) is 20.5. The molecule has 5 heteroatoms. The van der Waals surface area contributed by atoms with E-state index in [1.54, 1.807) is 20.3 Å². The third-order valence-electron chi connectivity index (χ3n) is 4.62. The Balaban J connectivity index is 1.66. The molecule has 0 saturated heterocycles. The van der Waals surface area contributed by atoms with Crippen molar-refractivity contribution in [2.75, 3.05) is 20.8 Å². The summed E-state index contributed by atoms with van der Waals surface area (Å²) in [6.45, 7) is 1.89. The Morgan fingerprint density at radius 2 is 1.55 bits per heavy atom. The maximum Gasteiger partial charge on any atom is 0.166 e. The van der Waals surface area contributed by atoms with E-state index in [4.69, 9.17) is 25.8 Å². The van der Waals surface area contributed by atoms with Gasteiger partial charge in [0.15, 0.2) is 11.5 Å². The molecule has 0 aromatic heterocycles. The number of rotatable bonds is 10. The fraction of sp³-hybridized carbons (Fsp3) is 0.250. The van der Waals surface area contributed by atoms with Crippen molar-refractivity contribution in [1.29, 1.82) is 0 Å². The standard InChI is InChI=1S/C24H26ClNO3/c1-27-22-11-7-6-10-19(22)12-13-26-16-20-14-21(25)15-23(28-2)24(20)29-17-18-8-4-3-5-9-18/h3-11,14-15,26H,12-13,16-17H2,1-2H3. The van der Waals surface area contributed by atoms with E-state index in [2.05, 4.69) is 11.4 Å². The summed E-state index contributed by atoms with van der Waals surface area (Å²) >= 11 is 6.29. The van der Waals surface area contributed by atoms with Crippen molar-refractivity contribution in [1.82, 2.24) is 5.32 Å². The van der Waals surface area contributed by atoms with Crippen LogP contribution in [0.5, 0.6) is 17.2 Å². The molecule has 0 unspecified atom stereocenters. The summed E-state index contributed by atoms with van der Waals surface area (Å²) in [5.74, 6) is 2.26. The number of hydrogen-bond donors (Lipinski definition) is 1. The molecule has 0 radical (unpaired) electrons. The lowest BCUT2D eigenvalue weighted by Gasteiger charge is -2.17. The van der Waals surface area contributed by atoms with Gasteiger partial charge in [0.05, 0.1) is 14.2 Å². The van der Waals surface area contributed by atoms with Crippen LogP contribution in [-0.2, 0) is 19.6 Å². The third-order valence-corrected chi connectivity index (χ3v) is 4.84. The molecule has 0 aliphatic carbocycles. The van der Waals surface area contributed by atoms with Gasteiger partial charge in [-0.2, -0.15) is 0 Å². The van der Waals surface area contributed by atoms with Crippen LogP contribution in [0.2, 0.25) is 5.02 Å². The maximum atomic E-state index is 6.29. The molecule has 0 amide bonds. The lowest BCUT2D eigenvalue weighted by atomic mass is 10.1. The highest BCUT2D eigenvalue weighted by Gasteiger charge is 2.13. The van der Waals surface area contributed by atoms with E-state index in [0.717, 1.165) is 29.8 Å². The van der Waals surface area contributed by atoms with E-state index in [0.29, 0.717) is 29.7 Å². The first kappa shape index (κ1) is 21.0. The van der Waals surface area contributed by atoms with E-state index >= 15 is 0 Å². The Labute approximate surface area is 177 Å². The van der Waals surface area contributed by atoms with Crippen molar-refractivity contribution in [3.63, 3.8) is 0 Å². The number of para-hydroxylation sites is 1. The molecule has 0 atom stereocenters. The molecular weight excluding hydrogens is 386 g/mol. The van der Waals surface area contributed by atoms with Gasteiger partial charge in [-0.3, -0.25) is 0 Å². The van der Waals surface area contributed by atoms with Gasteiger partial charge in [0.1, 0.15) is 12.4 Å². The molecule has 29 heavy (non-hydrogen) atoms. The number of hydrogen-bond acceptors (Lipinski definition) is 4.